The third-order valence-electron chi connectivity index (χ3n) is 15.0. The van der Waals surface area contributed by atoms with Gasteiger partial charge in [0, 0.05) is 44.6 Å². The Balaban J connectivity index is 1.94. The molecule has 1 aliphatic heterocycles. The summed E-state index contributed by atoms with van der Waals surface area (Å²) in [5.41, 5.74) is 22.9. The second kappa shape index (κ2) is 39.2. The highest BCUT2D eigenvalue weighted by Crippen LogP contribution is 2.22. The fourth-order valence-electron chi connectivity index (χ4n) is 10.3. The molecule has 3 rings (SSSR count). The van der Waals surface area contributed by atoms with Crippen LogP contribution in [0.5, 0.6) is 5.75 Å². The molecule has 2 heterocycles. The largest absolute Gasteiger partial charge is 0.508 e. The number of nitrogens with one attached hydrogen (secondary N) is 13. The smallest absolute Gasteiger partial charge is 0.305 e. The average Bonchev–Trinajstić information content (AvgIpc) is 1.69. The summed E-state index contributed by atoms with van der Waals surface area (Å²) in [4.78, 5) is 161. The number of aromatic hydroxyl groups is 1. The number of carboxylic acids is 1. The van der Waals surface area contributed by atoms with Gasteiger partial charge in [-0.1, -0.05) is 46.8 Å². The lowest BCUT2D eigenvalue weighted by Gasteiger charge is -2.31. The minimum atomic E-state index is -2.00. The number of imidazole rings is 1. The SMILES string of the molecule is CC(C)C[C@H](NC(=O)[C@H](CCCNC(=N)N)NC(=O)[C@H](Cc1ccc(O)cc1)NC(=O)[C@H](CCCCN)NC(=O)[C@H](CC(=O)O)NC(=O)[C@@H](NC(=O)[C@H](Cc1c[nH]cn1)NC(=O)[C@H]1CCCN1C(=O)[C@H](CCCNC(=N)N)NC(=O)[C@@H](C)CC(C)C)[C@@H](C)O)C(N)=O. The minimum Gasteiger partial charge on any atom is -0.508 e. The molecule has 1 aromatic carbocycles. The maximum atomic E-state index is 14.5. The number of carboxylic acid groups (broad SMARTS) is 1. The number of aliphatic carboxylic acids is 1. The first kappa shape index (κ1) is 77.1. The number of aromatic nitrogens is 2. The molecule has 512 valence electrons. The van der Waals surface area contributed by atoms with Gasteiger partial charge in [0.05, 0.1) is 24.5 Å². The molecule has 1 saturated heterocycles. The molecule has 0 bridgehead atoms. The van der Waals surface area contributed by atoms with Gasteiger partial charge in [0.2, 0.25) is 59.1 Å². The van der Waals surface area contributed by atoms with Gasteiger partial charge in [-0.05, 0) is 114 Å². The predicted octanol–water partition coefficient (Wildman–Crippen LogP) is -3.51. The molecule has 33 heteroatoms. The Kier molecular flexibility index (Phi) is 32.8. The van der Waals surface area contributed by atoms with E-state index < -0.39 is 132 Å². The number of guanidine groups is 2. The van der Waals surface area contributed by atoms with E-state index in [1.165, 1.54) is 41.7 Å². The highest BCUT2D eigenvalue weighted by molar-refractivity contribution is 5.99. The lowest BCUT2D eigenvalue weighted by Crippen LogP contribution is -2.62. The zero-order chi connectivity index (χ0) is 68.8. The number of hydrogen-bond donors (Lipinski definition) is 20. The maximum Gasteiger partial charge on any atom is 0.305 e. The molecule has 0 unspecified atom stereocenters. The van der Waals surface area contributed by atoms with Crippen LogP contribution in [-0.2, 0) is 65.6 Å². The first-order chi connectivity index (χ1) is 43.4. The van der Waals surface area contributed by atoms with E-state index in [9.17, 15) is 68.1 Å². The van der Waals surface area contributed by atoms with Crippen molar-refractivity contribution in [2.24, 2.45) is 40.7 Å². The second-order valence-electron chi connectivity index (χ2n) is 23.9. The number of likely N-dealkylation sites (tertiary alicyclic amines) is 1. The van der Waals surface area contributed by atoms with Gasteiger partial charge < -0.3 is 101 Å². The Morgan fingerprint density at radius 1 is 0.620 bits per heavy atom. The van der Waals surface area contributed by atoms with Gasteiger partial charge in [-0.25, -0.2) is 4.98 Å². The summed E-state index contributed by atoms with van der Waals surface area (Å²) in [7, 11) is 0. The topological polar surface area (TPSA) is 552 Å². The number of primary amides is 1. The summed E-state index contributed by atoms with van der Waals surface area (Å²) >= 11 is 0. The molecule has 1 fully saturated rings. The Labute approximate surface area is 534 Å². The van der Waals surface area contributed by atoms with Gasteiger partial charge in [-0.2, -0.15) is 0 Å². The zero-order valence-corrected chi connectivity index (χ0v) is 53.2. The van der Waals surface area contributed by atoms with Crippen LogP contribution in [0.1, 0.15) is 130 Å². The number of aliphatic hydroxyl groups excluding tert-OH is 1. The van der Waals surface area contributed by atoms with Gasteiger partial charge >= 0.3 is 5.97 Å². The highest BCUT2D eigenvalue weighted by atomic mass is 16.4. The Morgan fingerprint density at radius 2 is 1.12 bits per heavy atom. The maximum absolute atomic E-state index is 14.5. The van der Waals surface area contributed by atoms with Gasteiger partial charge in [0.1, 0.15) is 60.1 Å². The lowest BCUT2D eigenvalue weighted by molar-refractivity contribution is -0.143. The van der Waals surface area contributed by atoms with Crippen molar-refractivity contribution in [3.8, 4) is 5.75 Å². The molecule has 0 spiro atoms. The molecule has 2 aromatic rings. The Morgan fingerprint density at radius 3 is 1.64 bits per heavy atom. The number of nitrogens with two attached hydrogens (primary N) is 4. The number of H-pyrrole nitrogens is 1. The third-order valence-corrected chi connectivity index (χ3v) is 15.0. The first-order valence-corrected chi connectivity index (χ1v) is 30.9. The van der Waals surface area contributed by atoms with E-state index in [-0.39, 0.29) is 125 Å². The Hall–Kier alpha value is -9.14. The van der Waals surface area contributed by atoms with Crippen LogP contribution in [0, 0.1) is 28.6 Å². The molecule has 24 N–H and O–H groups in total. The summed E-state index contributed by atoms with van der Waals surface area (Å²) in [5.74, 6) is -11.6. The van der Waals surface area contributed by atoms with Crippen LogP contribution < -0.4 is 76.1 Å². The van der Waals surface area contributed by atoms with E-state index in [1.54, 1.807) is 20.8 Å². The molecule has 92 heavy (non-hydrogen) atoms. The number of phenols is 1. The first-order valence-electron chi connectivity index (χ1n) is 30.9. The number of carbonyl (C=O) groups excluding carboxylic acids is 10. The van der Waals surface area contributed by atoms with E-state index in [1.807, 2.05) is 13.8 Å². The second-order valence-corrected chi connectivity index (χ2v) is 23.9. The fourth-order valence-corrected chi connectivity index (χ4v) is 10.3. The van der Waals surface area contributed by atoms with Crippen molar-refractivity contribution in [3.63, 3.8) is 0 Å². The summed E-state index contributed by atoms with van der Waals surface area (Å²) in [5, 5.41) is 71.8. The minimum absolute atomic E-state index is 0.0719. The summed E-state index contributed by atoms with van der Waals surface area (Å²) < 4.78 is 0. The third kappa shape index (κ3) is 27.5. The number of nitrogens with zero attached hydrogens (tertiary/aromatic N) is 2. The molecule has 10 amide bonds. The van der Waals surface area contributed by atoms with Crippen molar-refractivity contribution >= 4 is 77.0 Å². The van der Waals surface area contributed by atoms with Crippen molar-refractivity contribution in [1.29, 1.82) is 10.8 Å². The molecule has 11 atom stereocenters. The highest BCUT2D eigenvalue weighted by Gasteiger charge is 2.41. The van der Waals surface area contributed by atoms with Crippen LogP contribution >= 0.6 is 0 Å². The van der Waals surface area contributed by atoms with E-state index in [4.69, 9.17) is 33.8 Å². The van der Waals surface area contributed by atoms with E-state index in [0.29, 0.717) is 31.2 Å². The average molecular weight is 1300 g/mol. The number of benzene rings is 1. The molecule has 33 nitrogen and oxygen atoms in total. The molecule has 1 aliphatic rings. The van der Waals surface area contributed by atoms with Crippen molar-refractivity contribution in [2.45, 2.75) is 192 Å². The van der Waals surface area contributed by atoms with Gasteiger partial charge in [-0.15, -0.1) is 0 Å². The van der Waals surface area contributed by atoms with Crippen LogP contribution in [0.25, 0.3) is 0 Å². The van der Waals surface area contributed by atoms with Crippen molar-refractivity contribution in [2.75, 3.05) is 26.2 Å². The summed E-state index contributed by atoms with van der Waals surface area (Å²) in [6, 6.07) is -7.70. The van der Waals surface area contributed by atoms with Crippen molar-refractivity contribution in [3.05, 3.63) is 48.0 Å². The van der Waals surface area contributed by atoms with Crippen LogP contribution in [0.3, 0.4) is 0 Å². The number of aromatic amines is 1. The van der Waals surface area contributed by atoms with Crippen LogP contribution in [0.2, 0.25) is 0 Å². The number of carbonyl (C=O) groups is 11. The number of amides is 10. The molecular formula is C59H97N19O14. The van der Waals surface area contributed by atoms with Gasteiger partial charge in [-0.3, -0.25) is 63.6 Å². The van der Waals surface area contributed by atoms with Crippen LogP contribution in [0.15, 0.2) is 36.8 Å². The van der Waals surface area contributed by atoms with Gasteiger partial charge in [0.15, 0.2) is 11.9 Å². The number of unbranched alkanes of at least 4 members (excludes halogenated alkanes) is 1. The standard InChI is InChI=1S/C59H97N19O14/c1-31(2)24-33(5)49(84)72-40(14-10-22-68-59(64)65)57(92)78-23-11-15-45(78)55(90)75-43(27-36-29-66-30-69-36)54(89)77-47(34(6)79)56(91)76-44(28-46(81)82)53(88)70-38(12-7-8-20-60)51(86)74-42(26-35-16-18-37(80)19-17-35)52(87)71-39(13-9-21-67-58(62)63)50(85)73-41(48(61)83)25-32(3)4/h16-19,29-34,38-45,47,79-80H,7-15,20-28,60H2,1-6H3,(H2,61,83)(H,66,69)(H,70,88)(H,71,87)(H,72,84)(H,73,85)(H,74,86)(H,75,90)(H,76,91)(H,77,89)(H,81,82)(H4,62,63,67)(H4,64,65,68)/t33-,34+,38-,39-,40-,41-,42-,43-,44-,45+,47-/m0/s1. The summed E-state index contributed by atoms with van der Waals surface area (Å²) in [6.45, 7) is 10.9. The summed E-state index contributed by atoms with van der Waals surface area (Å²) in [6.07, 6.45) is 1.41. The molecular weight excluding hydrogens is 1200 g/mol. The van der Waals surface area contributed by atoms with Crippen molar-refractivity contribution in [1.82, 2.24) is 68.0 Å². The number of hydrogen-bond acceptors (Lipinski definition) is 17. The molecule has 0 radical (unpaired) electrons. The lowest BCUT2D eigenvalue weighted by atomic mass is 9.97. The zero-order valence-electron chi connectivity index (χ0n) is 53.2. The predicted molar refractivity (Wildman–Crippen MR) is 337 cm³/mol. The van der Waals surface area contributed by atoms with Crippen LogP contribution in [0.4, 0.5) is 0 Å². The van der Waals surface area contributed by atoms with E-state index >= 15 is 0 Å². The number of rotatable bonds is 41. The quantitative estimate of drug-likeness (QED) is 0.0174. The van der Waals surface area contributed by atoms with E-state index in [2.05, 4.69) is 63.1 Å². The number of phenolic OH excluding ortho intramolecular Hbond substituents is 1. The number of aliphatic hydroxyl groups is 1. The molecule has 0 aliphatic carbocycles. The monoisotopic (exact) mass is 1300 g/mol. The molecule has 1 aromatic heterocycles. The Bertz CT molecular complexity index is 2800. The van der Waals surface area contributed by atoms with Gasteiger partial charge in [0.25, 0.3) is 0 Å². The van der Waals surface area contributed by atoms with E-state index in [0.717, 1.165) is 6.92 Å². The molecule has 0 saturated carbocycles. The van der Waals surface area contributed by atoms with Crippen LogP contribution in [-0.4, -0.2) is 194 Å². The fraction of sp³-hybridized carbons (Fsp3) is 0.627. The normalized spacial score (nSPS) is 16.1. The van der Waals surface area contributed by atoms with Crippen molar-refractivity contribution < 1.29 is 68.1 Å².